The Bertz CT molecular complexity index is 377. The first-order valence-corrected chi connectivity index (χ1v) is 7.97. The molecule has 0 spiro atoms. The Morgan fingerprint density at radius 2 is 1.74 bits per heavy atom. The van der Waals surface area contributed by atoms with Crippen molar-refractivity contribution < 1.29 is 0 Å². The minimum Gasteiger partial charge on any atom is -0.316 e. The number of hydrogen-bond acceptors (Lipinski definition) is 1. The predicted molar refractivity (Wildman–Crippen MR) is 83.9 cm³/mol. The molecule has 106 valence electrons. The Kier molecular flexibility index (Phi) is 5.29. The van der Waals surface area contributed by atoms with Gasteiger partial charge in [-0.1, -0.05) is 56.8 Å². The van der Waals surface area contributed by atoms with Crippen molar-refractivity contribution in [2.75, 3.05) is 13.1 Å². The van der Waals surface area contributed by atoms with Crippen LogP contribution in [0.25, 0.3) is 0 Å². The standard InChI is InChI=1S/C17H26ClN/c1-14(2)12-19-13-17(10-4-3-5-11-17)15-6-8-16(18)9-7-15/h6-9,14,19H,3-5,10-13H2,1-2H3. The lowest BCUT2D eigenvalue weighted by atomic mass is 9.69. The number of benzene rings is 1. The van der Waals surface area contributed by atoms with Crippen LogP contribution in [-0.2, 0) is 5.41 Å². The smallest absolute Gasteiger partial charge is 0.0406 e. The maximum Gasteiger partial charge on any atom is 0.0406 e. The molecule has 2 heteroatoms. The van der Waals surface area contributed by atoms with Gasteiger partial charge in [-0.3, -0.25) is 0 Å². The Hall–Kier alpha value is -0.530. The molecule has 0 atom stereocenters. The van der Waals surface area contributed by atoms with E-state index in [0.717, 1.165) is 18.1 Å². The van der Waals surface area contributed by atoms with Gasteiger partial charge in [0.05, 0.1) is 0 Å². The molecule has 1 aromatic carbocycles. The van der Waals surface area contributed by atoms with Crippen molar-refractivity contribution in [1.29, 1.82) is 0 Å². The van der Waals surface area contributed by atoms with Crippen molar-refractivity contribution in [2.45, 2.75) is 51.4 Å². The second kappa shape index (κ2) is 6.76. The highest BCUT2D eigenvalue weighted by atomic mass is 35.5. The van der Waals surface area contributed by atoms with Crippen LogP contribution in [0.2, 0.25) is 5.02 Å². The monoisotopic (exact) mass is 279 g/mol. The van der Waals surface area contributed by atoms with Crippen LogP contribution in [0.4, 0.5) is 0 Å². The van der Waals surface area contributed by atoms with Gasteiger partial charge in [0, 0.05) is 17.0 Å². The molecule has 19 heavy (non-hydrogen) atoms. The molecule has 0 bridgehead atoms. The second-order valence-corrected chi connectivity index (χ2v) is 6.81. The first-order chi connectivity index (χ1) is 9.12. The van der Waals surface area contributed by atoms with Crippen molar-refractivity contribution in [2.24, 2.45) is 5.92 Å². The van der Waals surface area contributed by atoms with Crippen LogP contribution in [0.3, 0.4) is 0 Å². The van der Waals surface area contributed by atoms with Crippen molar-refractivity contribution in [3.8, 4) is 0 Å². The van der Waals surface area contributed by atoms with E-state index in [-0.39, 0.29) is 0 Å². The summed E-state index contributed by atoms with van der Waals surface area (Å²) in [7, 11) is 0. The maximum absolute atomic E-state index is 6.03. The van der Waals surface area contributed by atoms with E-state index in [1.165, 1.54) is 37.7 Å². The van der Waals surface area contributed by atoms with Gasteiger partial charge in [0.2, 0.25) is 0 Å². The summed E-state index contributed by atoms with van der Waals surface area (Å²) >= 11 is 6.03. The van der Waals surface area contributed by atoms with E-state index < -0.39 is 0 Å². The van der Waals surface area contributed by atoms with E-state index in [1.54, 1.807) is 0 Å². The summed E-state index contributed by atoms with van der Waals surface area (Å²) in [5.74, 6) is 0.714. The highest BCUT2D eigenvalue weighted by molar-refractivity contribution is 6.30. The van der Waals surface area contributed by atoms with Gasteiger partial charge in [0.25, 0.3) is 0 Å². The van der Waals surface area contributed by atoms with Crippen molar-refractivity contribution in [1.82, 2.24) is 5.32 Å². The minimum atomic E-state index is 0.331. The molecule has 0 aromatic heterocycles. The lowest BCUT2D eigenvalue weighted by Gasteiger charge is -2.38. The first-order valence-electron chi connectivity index (χ1n) is 7.59. The fraction of sp³-hybridized carbons (Fsp3) is 0.647. The molecule has 0 radical (unpaired) electrons. The summed E-state index contributed by atoms with van der Waals surface area (Å²) in [5, 5.41) is 4.51. The lowest BCUT2D eigenvalue weighted by molar-refractivity contribution is 0.276. The third kappa shape index (κ3) is 3.97. The van der Waals surface area contributed by atoms with E-state index in [2.05, 4.69) is 31.3 Å². The van der Waals surface area contributed by atoms with Gasteiger partial charge in [-0.25, -0.2) is 0 Å². The van der Waals surface area contributed by atoms with E-state index in [1.807, 2.05) is 12.1 Å². The number of halogens is 1. The van der Waals surface area contributed by atoms with Crippen LogP contribution in [0.15, 0.2) is 24.3 Å². The zero-order valence-electron chi connectivity index (χ0n) is 12.2. The highest BCUT2D eigenvalue weighted by Gasteiger charge is 2.33. The summed E-state index contributed by atoms with van der Waals surface area (Å²) in [6, 6.07) is 8.53. The molecule has 1 aliphatic rings. The molecular weight excluding hydrogens is 254 g/mol. The van der Waals surface area contributed by atoms with Crippen LogP contribution < -0.4 is 5.32 Å². The van der Waals surface area contributed by atoms with Gasteiger partial charge in [0.15, 0.2) is 0 Å². The Morgan fingerprint density at radius 1 is 1.11 bits per heavy atom. The zero-order valence-corrected chi connectivity index (χ0v) is 13.0. The molecule has 1 nitrogen and oxygen atoms in total. The summed E-state index contributed by atoms with van der Waals surface area (Å²) in [5.41, 5.74) is 1.80. The molecule has 1 fully saturated rings. The average molecular weight is 280 g/mol. The van der Waals surface area contributed by atoms with Crippen molar-refractivity contribution in [3.05, 3.63) is 34.9 Å². The Balaban J connectivity index is 2.11. The molecule has 0 saturated heterocycles. The molecule has 0 amide bonds. The van der Waals surface area contributed by atoms with Crippen LogP contribution in [0, 0.1) is 5.92 Å². The quantitative estimate of drug-likeness (QED) is 0.817. The summed E-state index contributed by atoms with van der Waals surface area (Å²) in [6.45, 7) is 6.74. The number of nitrogens with one attached hydrogen (secondary N) is 1. The molecule has 0 heterocycles. The van der Waals surface area contributed by atoms with Crippen molar-refractivity contribution >= 4 is 11.6 Å². The molecular formula is C17H26ClN. The Morgan fingerprint density at radius 3 is 2.32 bits per heavy atom. The number of rotatable bonds is 5. The predicted octanol–water partition coefficient (Wildman–Crippen LogP) is 4.79. The van der Waals surface area contributed by atoms with Crippen LogP contribution in [0.1, 0.15) is 51.5 Å². The van der Waals surface area contributed by atoms with Crippen LogP contribution in [-0.4, -0.2) is 13.1 Å². The maximum atomic E-state index is 6.03. The van der Waals surface area contributed by atoms with Crippen molar-refractivity contribution in [3.63, 3.8) is 0 Å². The Labute approximate surface area is 122 Å². The van der Waals surface area contributed by atoms with Gasteiger partial charge in [0.1, 0.15) is 0 Å². The fourth-order valence-electron chi connectivity index (χ4n) is 3.20. The van der Waals surface area contributed by atoms with Gasteiger partial charge < -0.3 is 5.32 Å². The second-order valence-electron chi connectivity index (χ2n) is 6.37. The molecule has 1 aliphatic carbocycles. The SMILES string of the molecule is CC(C)CNCC1(c2ccc(Cl)cc2)CCCCC1. The largest absolute Gasteiger partial charge is 0.316 e. The van der Waals surface area contributed by atoms with Crippen LogP contribution in [0.5, 0.6) is 0 Å². The molecule has 1 saturated carbocycles. The summed E-state index contributed by atoms with van der Waals surface area (Å²) < 4.78 is 0. The number of hydrogen-bond donors (Lipinski definition) is 1. The molecule has 1 N–H and O–H groups in total. The zero-order chi connectivity index (χ0) is 13.7. The van der Waals surface area contributed by atoms with E-state index in [9.17, 15) is 0 Å². The average Bonchev–Trinajstić information content (AvgIpc) is 2.40. The van der Waals surface area contributed by atoms with Gasteiger partial charge in [-0.2, -0.15) is 0 Å². The third-order valence-electron chi connectivity index (χ3n) is 4.28. The van der Waals surface area contributed by atoms with Gasteiger partial charge in [-0.05, 0) is 43.0 Å². The summed E-state index contributed by atoms with van der Waals surface area (Å²) in [4.78, 5) is 0. The topological polar surface area (TPSA) is 12.0 Å². The summed E-state index contributed by atoms with van der Waals surface area (Å²) in [6.07, 6.45) is 6.71. The molecule has 0 unspecified atom stereocenters. The van der Waals surface area contributed by atoms with E-state index >= 15 is 0 Å². The highest BCUT2D eigenvalue weighted by Crippen LogP contribution is 2.39. The van der Waals surface area contributed by atoms with Gasteiger partial charge >= 0.3 is 0 Å². The van der Waals surface area contributed by atoms with E-state index in [4.69, 9.17) is 11.6 Å². The molecule has 1 aromatic rings. The molecule has 0 aliphatic heterocycles. The van der Waals surface area contributed by atoms with Gasteiger partial charge in [-0.15, -0.1) is 0 Å². The fourth-order valence-corrected chi connectivity index (χ4v) is 3.33. The van der Waals surface area contributed by atoms with E-state index in [0.29, 0.717) is 11.3 Å². The first kappa shape index (κ1) is 14.9. The molecule has 2 rings (SSSR count). The lowest BCUT2D eigenvalue weighted by Crippen LogP contribution is -2.41. The minimum absolute atomic E-state index is 0.331. The third-order valence-corrected chi connectivity index (χ3v) is 4.54. The normalized spacial score (nSPS) is 18.7. The van der Waals surface area contributed by atoms with Crippen LogP contribution >= 0.6 is 11.6 Å².